The van der Waals surface area contributed by atoms with Crippen LogP contribution < -0.4 is 20.1 Å². The molecule has 0 amide bonds. The van der Waals surface area contributed by atoms with E-state index in [1.165, 1.54) is 5.56 Å². The summed E-state index contributed by atoms with van der Waals surface area (Å²) in [7, 11) is 0. The zero-order valence-corrected chi connectivity index (χ0v) is 15.7. The third-order valence-electron chi connectivity index (χ3n) is 3.97. The molecule has 0 saturated carbocycles. The van der Waals surface area contributed by atoms with Crippen LogP contribution in [0.3, 0.4) is 0 Å². The van der Waals surface area contributed by atoms with Crippen LogP contribution in [0.15, 0.2) is 35.3 Å². The first-order valence-electron chi connectivity index (χ1n) is 9.35. The van der Waals surface area contributed by atoms with Gasteiger partial charge in [0.25, 0.3) is 0 Å². The van der Waals surface area contributed by atoms with E-state index in [-0.39, 0.29) is 0 Å². The van der Waals surface area contributed by atoms with E-state index >= 15 is 0 Å². The molecular formula is C20H31N3O2. The molecule has 0 unspecified atom stereocenters. The van der Waals surface area contributed by atoms with Crippen molar-refractivity contribution in [1.82, 2.24) is 10.6 Å². The van der Waals surface area contributed by atoms with Crippen LogP contribution in [0.1, 0.15) is 39.2 Å². The van der Waals surface area contributed by atoms with Gasteiger partial charge in [0.05, 0.1) is 13.2 Å². The Balaban J connectivity index is 1.94. The highest BCUT2D eigenvalue weighted by molar-refractivity contribution is 5.80. The van der Waals surface area contributed by atoms with Crippen molar-refractivity contribution in [1.29, 1.82) is 0 Å². The maximum Gasteiger partial charge on any atom is 0.191 e. The minimum atomic E-state index is 0.466. The number of nitrogens with one attached hydrogen (secondary N) is 2. The van der Waals surface area contributed by atoms with Gasteiger partial charge in [0.2, 0.25) is 0 Å². The van der Waals surface area contributed by atoms with Gasteiger partial charge in [0, 0.05) is 19.1 Å². The van der Waals surface area contributed by atoms with Crippen LogP contribution in [-0.2, 0) is 6.42 Å². The smallest absolute Gasteiger partial charge is 0.191 e. The summed E-state index contributed by atoms with van der Waals surface area (Å²) in [6.45, 7) is 8.92. The Hall–Kier alpha value is -2.17. The van der Waals surface area contributed by atoms with Crippen LogP contribution in [-0.4, -0.2) is 38.3 Å². The molecule has 0 saturated heterocycles. The van der Waals surface area contributed by atoms with Crippen LogP contribution >= 0.6 is 0 Å². The fourth-order valence-electron chi connectivity index (χ4n) is 2.80. The van der Waals surface area contributed by atoms with Gasteiger partial charge in [-0.05, 0) is 57.7 Å². The molecule has 0 spiro atoms. The molecule has 5 nitrogen and oxygen atoms in total. The lowest BCUT2D eigenvalue weighted by Gasteiger charge is -2.16. The summed E-state index contributed by atoms with van der Waals surface area (Å²) in [6.07, 6.45) is 7.45. The first-order valence-corrected chi connectivity index (χ1v) is 9.35. The Bertz CT molecular complexity index is 576. The normalized spacial score (nSPS) is 14.6. The maximum atomic E-state index is 5.69. The van der Waals surface area contributed by atoms with E-state index in [0.717, 1.165) is 49.8 Å². The Morgan fingerprint density at radius 2 is 1.80 bits per heavy atom. The second-order valence-corrected chi connectivity index (χ2v) is 5.94. The molecule has 1 aliphatic rings. The van der Waals surface area contributed by atoms with Crippen LogP contribution in [0.4, 0.5) is 0 Å². The van der Waals surface area contributed by atoms with Crippen molar-refractivity contribution >= 4 is 5.96 Å². The van der Waals surface area contributed by atoms with Gasteiger partial charge in [-0.1, -0.05) is 18.2 Å². The summed E-state index contributed by atoms with van der Waals surface area (Å²) >= 11 is 0. The fourth-order valence-corrected chi connectivity index (χ4v) is 2.80. The average molecular weight is 345 g/mol. The molecule has 0 heterocycles. The molecule has 5 heteroatoms. The van der Waals surface area contributed by atoms with Crippen molar-refractivity contribution in [3.63, 3.8) is 0 Å². The lowest BCUT2D eigenvalue weighted by atomic mass is 10.1. The summed E-state index contributed by atoms with van der Waals surface area (Å²) in [4.78, 5) is 4.70. The van der Waals surface area contributed by atoms with Crippen molar-refractivity contribution < 1.29 is 9.47 Å². The molecule has 2 rings (SSSR count). The number of ether oxygens (including phenoxy) is 2. The van der Waals surface area contributed by atoms with Crippen LogP contribution in [0, 0.1) is 0 Å². The molecule has 0 radical (unpaired) electrons. The number of guanidine groups is 1. The largest absolute Gasteiger partial charge is 0.490 e. The molecular weight excluding hydrogens is 314 g/mol. The highest BCUT2D eigenvalue weighted by Crippen LogP contribution is 2.28. The summed E-state index contributed by atoms with van der Waals surface area (Å²) < 4.78 is 11.3. The van der Waals surface area contributed by atoms with E-state index in [9.17, 15) is 0 Å². The van der Waals surface area contributed by atoms with Gasteiger partial charge in [-0.15, -0.1) is 0 Å². The Morgan fingerprint density at radius 1 is 1.08 bits per heavy atom. The number of nitrogens with zero attached hydrogens (tertiary/aromatic N) is 1. The third kappa shape index (κ3) is 6.33. The van der Waals surface area contributed by atoms with E-state index < -0.39 is 0 Å². The molecule has 0 atom stereocenters. The predicted octanol–water partition coefficient (Wildman–Crippen LogP) is 3.30. The molecule has 1 aliphatic carbocycles. The van der Waals surface area contributed by atoms with E-state index in [1.807, 2.05) is 19.9 Å². The molecule has 138 valence electrons. The quantitative estimate of drug-likeness (QED) is 0.410. The molecule has 25 heavy (non-hydrogen) atoms. The minimum Gasteiger partial charge on any atom is -0.490 e. The molecule has 2 N–H and O–H groups in total. The standard InChI is InChI=1S/C20H31N3O2/c1-4-21-20(23-17-9-7-8-10-17)22-14-13-16-11-12-18(24-5-2)19(15-16)25-6-3/h7-8,11-12,15,17H,4-6,9-10,13-14H2,1-3H3,(H2,21,22,23). The first kappa shape index (κ1) is 19.2. The van der Waals surface area contributed by atoms with Crippen LogP contribution in [0.5, 0.6) is 11.5 Å². The van der Waals surface area contributed by atoms with Crippen molar-refractivity contribution in [2.45, 2.75) is 46.1 Å². The molecule has 0 bridgehead atoms. The number of rotatable bonds is 9. The van der Waals surface area contributed by atoms with Gasteiger partial charge in [0.15, 0.2) is 17.5 Å². The minimum absolute atomic E-state index is 0.466. The topological polar surface area (TPSA) is 54.9 Å². The SMILES string of the molecule is CCNC(=NCCc1ccc(OCC)c(OCC)c1)NC1CC=CC1. The monoisotopic (exact) mass is 345 g/mol. The lowest BCUT2D eigenvalue weighted by molar-refractivity contribution is 0.287. The van der Waals surface area contributed by atoms with Gasteiger partial charge in [-0.3, -0.25) is 4.99 Å². The Kier molecular flexibility index (Phi) is 8.16. The molecule has 0 fully saturated rings. The van der Waals surface area contributed by atoms with E-state index in [0.29, 0.717) is 19.3 Å². The Morgan fingerprint density at radius 3 is 2.48 bits per heavy atom. The van der Waals surface area contributed by atoms with Crippen LogP contribution in [0.25, 0.3) is 0 Å². The van der Waals surface area contributed by atoms with Crippen molar-refractivity contribution in [2.24, 2.45) is 4.99 Å². The number of hydrogen-bond donors (Lipinski definition) is 2. The third-order valence-corrected chi connectivity index (χ3v) is 3.97. The van der Waals surface area contributed by atoms with Crippen LogP contribution in [0.2, 0.25) is 0 Å². The number of hydrogen-bond acceptors (Lipinski definition) is 3. The zero-order valence-electron chi connectivity index (χ0n) is 15.7. The zero-order chi connectivity index (χ0) is 17.9. The Labute approximate surface area is 151 Å². The van der Waals surface area contributed by atoms with Gasteiger partial charge < -0.3 is 20.1 Å². The van der Waals surface area contributed by atoms with Gasteiger partial charge in [-0.2, -0.15) is 0 Å². The van der Waals surface area contributed by atoms with Crippen molar-refractivity contribution in [3.05, 3.63) is 35.9 Å². The van der Waals surface area contributed by atoms with Crippen molar-refractivity contribution in [3.8, 4) is 11.5 Å². The predicted molar refractivity (Wildman–Crippen MR) is 104 cm³/mol. The lowest BCUT2D eigenvalue weighted by Crippen LogP contribution is -2.42. The van der Waals surface area contributed by atoms with E-state index in [4.69, 9.17) is 14.5 Å². The fraction of sp³-hybridized carbons (Fsp3) is 0.550. The second kappa shape index (κ2) is 10.6. The summed E-state index contributed by atoms with van der Waals surface area (Å²) in [5.74, 6) is 2.51. The summed E-state index contributed by atoms with van der Waals surface area (Å²) in [6, 6.07) is 6.60. The van der Waals surface area contributed by atoms with Crippen molar-refractivity contribution in [2.75, 3.05) is 26.3 Å². The number of benzene rings is 1. The molecule has 1 aromatic carbocycles. The molecule has 0 aliphatic heterocycles. The van der Waals surface area contributed by atoms with Gasteiger partial charge in [0.1, 0.15) is 0 Å². The first-order chi connectivity index (χ1) is 12.3. The average Bonchev–Trinajstić information content (AvgIpc) is 3.11. The second-order valence-electron chi connectivity index (χ2n) is 5.94. The molecule has 1 aromatic rings. The maximum absolute atomic E-state index is 5.69. The van der Waals surface area contributed by atoms with Gasteiger partial charge >= 0.3 is 0 Å². The summed E-state index contributed by atoms with van der Waals surface area (Å²) in [5, 5.41) is 6.81. The van der Waals surface area contributed by atoms with Gasteiger partial charge in [-0.25, -0.2) is 0 Å². The highest BCUT2D eigenvalue weighted by Gasteiger charge is 2.11. The summed E-state index contributed by atoms with van der Waals surface area (Å²) in [5.41, 5.74) is 1.20. The highest BCUT2D eigenvalue weighted by atomic mass is 16.5. The number of aliphatic imine (C=N–C) groups is 1. The van der Waals surface area contributed by atoms with E-state index in [2.05, 4.69) is 41.8 Å². The molecule has 0 aromatic heterocycles. The van der Waals surface area contributed by atoms with E-state index in [1.54, 1.807) is 0 Å².